The minimum absolute atomic E-state index is 0.153. The first-order valence-electron chi connectivity index (χ1n) is 12.3. The zero-order valence-electron chi connectivity index (χ0n) is 21.6. The first-order chi connectivity index (χ1) is 18.5. The van der Waals surface area contributed by atoms with Gasteiger partial charge in [-0.1, -0.05) is 12.1 Å². The number of methoxy groups -OCH3 is 3. The third kappa shape index (κ3) is 4.87. The van der Waals surface area contributed by atoms with Gasteiger partial charge in [0, 0.05) is 37.8 Å². The third-order valence-corrected chi connectivity index (χ3v) is 6.69. The standard InChI is InChI=1S/C29H29FN4O4/c1-36-21-10-8-20(9-11-21)34-27(19-25(31-34)23-13-12-22(37-2)18-28(23)38-3)29(35)33-16-14-32(15-17-33)26-7-5-4-6-24(26)30/h4-13,18-19H,14-17H2,1-3H3. The van der Waals surface area contributed by atoms with Gasteiger partial charge in [0.15, 0.2) is 0 Å². The number of ether oxygens (including phenoxy) is 3. The Bertz CT molecular complexity index is 1430. The average molecular weight is 517 g/mol. The Labute approximate surface area is 220 Å². The molecule has 1 aliphatic rings. The lowest BCUT2D eigenvalue weighted by atomic mass is 10.1. The maximum atomic E-state index is 14.3. The minimum Gasteiger partial charge on any atom is -0.497 e. The van der Waals surface area contributed by atoms with Gasteiger partial charge in [0.1, 0.15) is 28.8 Å². The van der Waals surface area contributed by atoms with Crippen LogP contribution in [0.25, 0.3) is 16.9 Å². The number of piperazine rings is 1. The normalized spacial score (nSPS) is 13.4. The molecule has 8 nitrogen and oxygen atoms in total. The van der Waals surface area contributed by atoms with Gasteiger partial charge in [-0.3, -0.25) is 4.79 Å². The van der Waals surface area contributed by atoms with E-state index in [1.54, 1.807) is 55.2 Å². The summed E-state index contributed by atoms with van der Waals surface area (Å²) in [5.41, 5.74) is 3.02. The number of hydrogen-bond acceptors (Lipinski definition) is 6. The van der Waals surface area contributed by atoms with Gasteiger partial charge >= 0.3 is 0 Å². The zero-order valence-corrected chi connectivity index (χ0v) is 21.6. The Hall–Kier alpha value is -4.53. The second-order valence-electron chi connectivity index (χ2n) is 8.82. The van der Waals surface area contributed by atoms with Crippen LogP contribution >= 0.6 is 0 Å². The van der Waals surface area contributed by atoms with Gasteiger partial charge in [0.25, 0.3) is 5.91 Å². The first kappa shape index (κ1) is 25.1. The number of para-hydroxylation sites is 1. The van der Waals surface area contributed by atoms with Crippen LogP contribution in [0.15, 0.2) is 72.8 Å². The number of aromatic nitrogens is 2. The van der Waals surface area contributed by atoms with Crippen LogP contribution < -0.4 is 19.1 Å². The fraction of sp³-hybridized carbons (Fsp3) is 0.241. The van der Waals surface area contributed by atoms with E-state index in [0.717, 1.165) is 11.3 Å². The topological polar surface area (TPSA) is 69.1 Å². The van der Waals surface area contributed by atoms with Gasteiger partial charge in [-0.05, 0) is 54.6 Å². The number of hydrogen-bond donors (Lipinski definition) is 0. The van der Waals surface area contributed by atoms with Gasteiger partial charge in [-0.2, -0.15) is 5.10 Å². The van der Waals surface area contributed by atoms with Gasteiger partial charge in [-0.15, -0.1) is 0 Å². The lowest BCUT2D eigenvalue weighted by Crippen LogP contribution is -2.49. The van der Waals surface area contributed by atoms with E-state index in [-0.39, 0.29) is 11.7 Å². The van der Waals surface area contributed by atoms with Crippen LogP contribution in [-0.2, 0) is 0 Å². The molecule has 0 unspecified atom stereocenters. The van der Waals surface area contributed by atoms with Crippen molar-refractivity contribution >= 4 is 11.6 Å². The molecule has 2 heterocycles. The van der Waals surface area contributed by atoms with E-state index in [4.69, 9.17) is 19.3 Å². The Morgan fingerprint density at radius 1 is 0.816 bits per heavy atom. The molecule has 0 aliphatic carbocycles. The predicted molar refractivity (Wildman–Crippen MR) is 143 cm³/mol. The second kappa shape index (κ2) is 10.8. The summed E-state index contributed by atoms with van der Waals surface area (Å²) in [6.45, 7) is 1.98. The number of rotatable bonds is 7. The van der Waals surface area contributed by atoms with Crippen molar-refractivity contribution in [3.05, 3.63) is 84.3 Å². The largest absolute Gasteiger partial charge is 0.497 e. The zero-order chi connectivity index (χ0) is 26.6. The summed E-state index contributed by atoms with van der Waals surface area (Å²) in [4.78, 5) is 17.6. The number of halogens is 1. The molecule has 1 aliphatic heterocycles. The van der Waals surface area contributed by atoms with E-state index >= 15 is 0 Å². The summed E-state index contributed by atoms with van der Waals surface area (Å²) >= 11 is 0. The Morgan fingerprint density at radius 3 is 2.16 bits per heavy atom. The SMILES string of the molecule is COc1ccc(-n2nc(-c3ccc(OC)cc3OC)cc2C(=O)N2CCN(c3ccccc3F)CC2)cc1. The predicted octanol–water partition coefficient (Wildman–Crippen LogP) is 4.67. The number of benzene rings is 3. The molecule has 9 heteroatoms. The molecule has 1 fully saturated rings. The van der Waals surface area contributed by atoms with Crippen molar-refractivity contribution in [2.75, 3.05) is 52.4 Å². The number of carbonyl (C=O) groups is 1. The first-order valence-corrected chi connectivity index (χ1v) is 12.3. The van der Waals surface area contributed by atoms with E-state index < -0.39 is 0 Å². The summed E-state index contributed by atoms with van der Waals surface area (Å²) in [6.07, 6.45) is 0. The maximum Gasteiger partial charge on any atom is 0.272 e. The molecule has 38 heavy (non-hydrogen) atoms. The van der Waals surface area contributed by atoms with Crippen molar-refractivity contribution in [2.24, 2.45) is 0 Å². The van der Waals surface area contributed by atoms with Crippen LogP contribution in [0.1, 0.15) is 10.5 Å². The molecule has 0 bridgehead atoms. The van der Waals surface area contributed by atoms with Crippen molar-refractivity contribution in [1.29, 1.82) is 0 Å². The number of amides is 1. The van der Waals surface area contributed by atoms with Crippen LogP contribution in [0, 0.1) is 5.82 Å². The molecule has 1 amide bonds. The van der Waals surface area contributed by atoms with Crippen LogP contribution in [0.5, 0.6) is 17.2 Å². The smallest absolute Gasteiger partial charge is 0.272 e. The average Bonchev–Trinajstić information content (AvgIpc) is 3.42. The number of nitrogens with zero attached hydrogens (tertiary/aromatic N) is 4. The van der Waals surface area contributed by atoms with E-state index in [1.165, 1.54) is 6.07 Å². The molecule has 4 aromatic rings. The van der Waals surface area contributed by atoms with Gasteiger partial charge in [0.05, 0.1) is 38.4 Å². The summed E-state index contributed by atoms with van der Waals surface area (Å²) < 4.78 is 32.2. The fourth-order valence-electron chi connectivity index (χ4n) is 4.62. The molecule has 0 radical (unpaired) electrons. The highest BCUT2D eigenvalue weighted by Crippen LogP contribution is 2.34. The van der Waals surface area contributed by atoms with Crippen molar-refractivity contribution in [3.63, 3.8) is 0 Å². The highest BCUT2D eigenvalue weighted by molar-refractivity contribution is 5.95. The van der Waals surface area contributed by atoms with E-state index in [2.05, 4.69) is 0 Å². The highest BCUT2D eigenvalue weighted by Gasteiger charge is 2.27. The molecule has 196 valence electrons. The molecule has 0 N–H and O–H groups in total. The number of anilines is 1. The third-order valence-electron chi connectivity index (χ3n) is 6.69. The van der Waals surface area contributed by atoms with Crippen molar-refractivity contribution < 1.29 is 23.4 Å². The summed E-state index contributed by atoms with van der Waals surface area (Å²) in [7, 11) is 4.78. The van der Waals surface area contributed by atoms with E-state index in [0.29, 0.717) is 60.5 Å². The maximum absolute atomic E-state index is 14.3. The summed E-state index contributed by atoms with van der Waals surface area (Å²) in [6, 6.07) is 21.3. The Kier molecular flexibility index (Phi) is 7.17. The molecule has 0 spiro atoms. The Morgan fingerprint density at radius 2 is 1.50 bits per heavy atom. The van der Waals surface area contributed by atoms with Crippen LogP contribution in [0.2, 0.25) is 0 Å². The van der Waals surface area contributed by atoms with Crippen molar-refractivity contribution in [2.45, 2.75) is 0 Å². The summed E-state index contributed by atoms with van der Waals surface area (Å²) in [5.74, 6) is 1.53. The fourth-order valence-corrected chi connectivity index (χ4v) is 4.62. The molecule has 1 aromatic heterocycles. The summed E-state index contributed by atoms with van der Waals surface area (Å²) in [5, 5.41) is 4.81. The van der Waals surface area contributed by atoms with Crippen LogP contribution in [0.3, 0.4) is 0 Å². The molecule has 0 saturated carbocycles. The van der Waals surface area contributed by atoms with Crippen LogP contribution in [0.4, 0.5) is 10.1 Å². The molecule has 5 rings (SSSR count). The lowest BCUT2D eigenvalue weighted by molar-refractivity contribution is 0.0737. The Balaban J connectivity index is 1.48. The van der Waals surface area contributed by atoms with E-state index in [9.17, 15) is 9.18 Å². The molecular weight excluding hydrogens is 487 g/mol. The lowest BCUT2D eigenvalue weighted by Gasteiger charge is -2.36. The monoisotopic (exact) mass is 516 g/mol. The number of carbonyl (C=O) groups excluding carboxylic acids is 1. The van der Waals surface area contributed by atoms with Gasteiger partial charge < -0.3 is 24.0 Å². The van der Waals surface area contributed by atoms with E-state index in [1.807, 2.05) is 47.4 Å². The molecule has 1 saturated heterocycles. The molecular formula is C29H29FN4O4. The second-order valence-corrected chi connectivity index (χ2v) is 8.82. The highest BCUT2D eigenvalue weighted by atomic mass is 19.1. The van der Waals surface area contributed by atoms with Crippen molar-refractivity contribution in [1.82, 2.24) is 14.7 Å². The quantitative estimate of drug-likeness (QED) is 0.356. The van der Waals surface area contributed by atoms with Gasteiger partial charge in [-0.25, -0.2) is 9.07 Å². The molecule has 0 atom stereocenters. The van der Waals surface area contributed by atoms with Gasteiger partial charge in [0.2, 0.25) is 0 Å². The minimum atomic E-state index is -0.261. The van der Waals surface area contributed by atoms with Crippen LogP contribution in [-0.4, -0.2) is 68.1 Å². The van der Waals surface area contributed by atoms with Crippen molar-refractivity contribution in [3.8, 4) is 34.2 Å². The molecule has 3 aromatic carbocycles.